The number of piperidine rings is 1. The lowest BCUT2D eigenvalue weighted by Gasteiger charge is -2.35. The molecule has 2 heterocycles. The van der Waals surface area contributed by atoms with Gasteiger partial charge >= 0.3 is 0 Å². The molecule has 1 fully saturated rings. The minimum atomic E-state index is 0.115. The number of nitrogens with one attached hydrogen (secondary N) is 2. The standard InChI is InChI=1S/C20H27ClN4O/c21-18-9-7-17(8-10-18)19(25-11-2-1-3-12-25)15-22-20(26)6-4-5-16-13-23-24-14-16/h7-10,13-14,19H,1-6,11-12,15H2,(H,22,26)(H,23,24)/t19-/m0/s1. The Labute approximate surface area is 160 Å². The van der Waals surface area contributed by atoms with Crippen LogP contribution in [0.3, 0.4) is 0 Å². The highest BCUT2D eigenvalue weighted by molar-refractivity contribution is 6.30. The van der Waals surface area contributed by atoms with Crippen molar-refractivity contribution in [2.75, 3.05) is 19.6 Å². The molecule has 0 spiro atoms. The summed E-state index contributed by atoms with van der Waals surface area (Å²) in [5.74, 6) is 0.115. The van der Waals surface area contributed by atoms with E-state index in [2.05, 4.69) is 32.5 Å². The molecule has 1 atom stereocenters. The minimum Gasteiger partial charge on any atom is -0.354 e. The van der Waals surface area contributed by atoms with Gasteiger partial charge in [-0.25, -0.2) is 0 Å². The quantitative estimate of drug-likeness (QED) is 0.740. The lowest BCUT2D eigenvalue weighted by molar-refractivity contribution is -0.121. The predicted molar refractivity (Wildman–Crippen MR) is 104 cm³/mol. The van der Waals surface area contributed by atoms with E-state index in [1.165, 1.54) is 24.8 Å². The molecule has 0 aliphatic carbocycles. The average molecular weight is 375 g/mol. The van der Waals surface area contributed by atoms with Crippen LogP contribution in [0.15, 0.2) is 36.7 Å². The first kappa shape index (κ1) is 18.9. The molecule has 26 heavy (non-hydrogen) atoms. The van der Waals surface area contributed by atoms with Crippen LogP contribution >= 0.6 is 11.6 Å². The summed E-state index contributed by atoms with van der Waals surface area (Å²) in [5.41, 5.74) is 2.36. The molecule has 0 radical (unpaired) electrons. The molecule has 1 amide bonds. The predicted octanol–water partition coefficient (Wildman–Crippen LogP) is 3.73. The fraction of sp³-hybridized carbons (Fsp3) is 0.500. The third kappa shape index (κ3) is 5.58. The van der Waals surface area contributed by atoms with Crippen LogP contribution in [-0.4, -0.2) is 40.6 Å². The Hall–Kier alpha value is -1.85. The number of amides is 1. The Morgan fingerprint density at radius 1 is 1.23 bits per heavy atom. The van der Waals surface area contributed by atoms with Gasteiger partial charge in [-0.3, -0.25) is 14.8 Å². The largest absolute Gasteiger partial charge is 0.354 e. The third-order valence-electron chi connectivity index (χ3n) is 5.00. The maximum absolute atomic E-state index is 12.3. The van der Waals surface area contributed by atoms with E-state index in [0.29, 0.717) is 13.0 Å². The summed E-state index contributed by atoms with van der Waals surface area (Å²) in [6.45, 7) is 2.82. The Morgan fingerprint density at radius 2 is 2.00 bits per heavy atom. The van der Waals surface area contributed by atoms with Crippen LogP contribution in [0.5, 0.6) is 0 Å². The second-order valence-electron chi connectivity index (χ2n) is 6.93. The number of aromatic amines is 1. The number of rotatable bonds is 8. The van der Waals surface area contributed by atoms with Crippen molar-refractivity contribution in [3.8, 4) is 0 Å². The maximum atomic E-state index is 12.3. The number of hydrogen-bond acceptors (Lipinski definition) is 3. The zero-order valence-corrected chi connectivity index (χ0v) is 15.8. The van der Waals surface area contributed by atoms with Crippen LogP contribution in [0, 0.1) is 0 Å². The lowest BCUT2D eigenvalue weighted by atomic mass is 10.0. The van der Waals surface area contributed by atoms with Gasteiger partial charge in [0.2, 0.25) is 5.91 Å². The molecule has 1 aliphatic heterocycles. The summed E-state index contributed by atoms with van der Waals surface area (Å²) in [7, 11) is 0. The van der Waals surface area contributed by atoms with Gasteiger partial charge in [0.15, 0.2) is 0 Å². The van der Waals surface area contributed by atoms with E-state index in [0.717, 1.165) is 36.5 Å². The van der Waals surface area contributed by atoms with Gasteiger partial charge in [-0.1, -0.05) is 30.2 Å². The second kappa shape index (κ2) is 9.74. The van der Waals surface area contributed by atoms with Crippen LogP contribution < -0.4 is 5.32 Å². The lowest BCUT2D eigenvalue weighted by Crippen LogP contribution is -2.40. The van der Waals surface area contributed by atoms with Gasteiger partial charge in [0.05, 0.1) is 12.2 Å². The molecule has 6 heteroatoms. The highest BCUT2D eigenvalue weighted by atomic mass is 35.5. The molecule has 140 valence electrons. The smallest absolute Gasteiger partial charge is 0.220 e. The first-order valence-corrected chi connectivity index (χ1v) is 9.84. The number of hydrogen-bond donors (Lipinski definition) is 2. The summed E-state index contributed by atoms with van der Waals surface area (Å²) in [6.07, 6.45) is 9.68. The molecule has 1 aromatic heterocycles. The maximum Gasteiger partial charge on any atom is 0.220 e. The Balaban J connectivity index is 1.53. The molecule has 0 saturated carbocycles. The molecule has 2 N–H and O–H groups in total. The van der Waals surface area contributed by atoms with Crippen LogP contribution in [0.1, 0.15) is 49.3 Å². The number of H-pyrrole nitrogens is 1. The van der Waals surface area contributed by atoms with E-state index in [1.54, 1.807) is 0 Å². The Kier molecular flexibility index (Phi) is 7.09. The molecule has 3 rings (SSSR count). The zero-order chi connectivity index (χ0) is 18.2. The van der Waals surface area contributed by atoms with E-state index < -0.39 is 0 Å². The van der Waals surface area contributed by atoms with E-state index in [4.69, 9.17) is 11.6 Å². The van der Waals surface area contributed by atoms with Crippen molar-refractivity contribution >= 4 is 17.5 Å². The number of benzene rings is 1. The van der Waals surface area contributed by atoms with Gasteiger partial charge < -0.3 is 5.32 Å². The highest BCUT2D eigenvalue weighted by Gasteiger charge is 2.22. The topological polar surface area (TPSA) is 61.0 Å². The SMILES string of the molecule is O=C(CCCc1cn[nH]c1)NC[C@@H](c1ccc(Cl)cc1)N1CCCCC1. The van der Waals surface area contributed by atoms with Gasteiger partial charge in [-0.05, 0) is 62.0 Å². The van der Waals surface area contributed by atoms with Gasteiger partial charge in [-0.15, -0.1) is 0 Å². The molecule has 5 nitrogen and oxygen atoms in total. The number of aromatic nitrogens is 2. The number of likely N-dealkylation sites (tertiary alicyclic amines) is 1. The van der Waals surface area contributed by atoms with Crippen LogP contribution in [-0.2, 0) is 11.2 Å². The monoisotopic (exact) mass is 374 g/mol. The summed E-state index contributed by atoms with van der Waals surface area (Å²) in [5, 5.41) is 10.6. The molecule has 0 bridgehead atoms. The van der Waals surface area contributed by atoms with E-state index in [9.17, 15) is 4.79 Å². The molecular formula is C20H27ClN4O. The van der Waals surface area contributed by atoms with Crippen molar-refractivity contribution in [2.24, 2.45) is 0 Å². The molecule has 1 aliphatic rings. The summed E-state index contributed by atoms with van der Waals surface area (Å²) >= 11 is 6.04. The first-order valence-electron chi connectivity index (χ1n) is 9.46. The van der Waals surface area contributed by atoms with E-state index >= 15 is 0 Å². The second-order valence-corrected chi connectivity index (χ2v) is 7.36. The summed E-state index contributed by atoms with van der Waals surface area (Å²) in [6, 6.07) is 8.23. The third-order valence-corrected chi connectivity index (χ3v) is 5.25. The molecule has 1 saturated heterocycles. The molecular weight excluding hydrogens is 348 g/mol. The Morgan fingerprint density at radius 3 is 2.69 bits per heavy atom. The fourth-order valence-electron chi connectivity index (χ4n) is 3.54. The number of nitrogens with zero attached hydrogens (tertiary/aromatic N) is 2. The van der Waals surface area contributed by atoms with E-state index in [1.807, 2.05) is 24.5 Å². The zero-order valence-electron chi connectivity index (χ0n) is 15.1. The van der Waals surface area contributed by atoms with Crippen molar-refractivity contribution in [1.29, 1.82) is 0 Å². The van der Waals surface area contributed by atoms with E-state index in [-0.39, 0.29) is 11.9 Å². The number of carbonyl (C=O) groups excluding carboxylic acids is 1. The van der Waals surface area contributed by atoms with Crippen LogP contribution in [0.25, 0.3) is 0 Å². The van der Waals surface area contributed by atoms with Crippen molar-refractivity contribution in [3.63, 3.8) is 0 Å². The normalized spacial score (nSPS) is 16.3. The summed E-state index contributed by atoms with van der Waals surface area (Å²) < 4.78 is 0. The van der Waals surface area contributed by atoms with Crippen LogP contribution in [0.4, 0.5) is 0 Å². The van der Waals surface area contributed by atoms with Crippen LogP contribution in [0.2, 0.25) is 5.02 Å². The molecule has 1 aromatic carbocycles. The van der Waals surface area contributed by atoms with Crippen molar-refractivity contribution in [1.82, 2.24) is 20.4 Å². The van der Waals surface area contributed by atoms with Gasteiger partial charge in [-0.2, -0.15) is 5.10 Å². The highest BCUT2D eigenvalue weighted by Crippen LogP contribution is 2.25. The van der Waals surface area contributed by atoms with Gasteiger partial charge in [0.1, 0.15) is 0 Å². The van der Waals surface area contributed by atoms with Crippen molar-refractivity contribution in [2.45, 2.75) is 44.6 Å². The average Bonchev–Trinajstić information content (AvgIpc) is 3.18. The van der Waals surface area contributed by atoms with Crippen molar-refractivity contribution < 1.29 is 4.79 Å². The molecule has 0 unspecified atom stereocenters. The number of halogens is 1. The van der Waals surface area contributed by atoms with Gasteiger partial charge in [0, 0.05) is 24.2 Å². The number of aryl methyl sites for hydroxylation is 1. The minimum absolute atomic E-state index is 0.115. The van der Waals surface area contributed by atoms with Gasteiger partial charge in [0.25, 0.3) is 0 Å². The first-order chi connectivity index (χ1) is 12.7. The summed E-state index contributed by atoms with van der Waals surface area (Å²) in [4.78, 5) is 14.8. The fourth-order valence-corrected chi connectivity index (χ4v) is 3.67. The number of carbonyl (C=O) groups is 1. The Bertz CT molecular complexity index is 666. The molecule has 2 aromatic rings. The van der Waals surface area contributed by atoms with Crippen molar-refractivity contribution in [3.05, 3.63) is 52.8 Å².